The third-order valence-electron chi connectivity index (χ3n) is 11.4. The summed E-state index contributed by atoms with van der Waals surface area (Å²) >= 11 is 13.6. The van der Waals surface area contributed by atoms with Crippen molar-refractivity contribution in [1.29, 1.82) is 0 Å². The van der Waals surface area contributed by atoms with Gasteiger partial charge in [0.2, 0.25) is 14.2 Å². The van der Waals surface area contributed by atoms with Crippen LogP contribution in [0.4, 0.5) is 8.78 Å². The predicted molar refractivity (Wildman–Crippen MR) is 194 cm³/mol. The van der Waals surface area contributed by atoms with Crippen molar-refractivity contribution in [3.8, 4) is 11.1 Å². The van der Waals surface area contributed by atoms with Crippen LogP contribution in [0.1, 0.15) is 102 Å². The number of amides is 2. The number of piperidine rings is 1. The molecule has 0 radical (unpaired) electrons. The average Bonchev–Trinajstić information content (AvgIpc) is 3.40. The topological polar surface area (TPSA) is 49.9 Å². The van der Waals surface area contributed by atoms with Gasteiger partial charge in [0.05, 0.1) is 0 Å². The highest BCUT2D eigenvalue weighted by molar-refractivity contribution is 6.77. The van der Waals surface area contributed by atoms with E-state index in [1.807, 2.05) is 24.3 Å². The fourth-order valence-corrected chi connectivity index (χ4v) is 15.0. The first-order chi connectivity index (χ1) is 22.6. The standard InChI is InChI=1S/C38H52Cl2F2N2O3Si/c1-24(2)48(25(3)4,26(5)6)47-32-13-11-31(12-14-32)44-18-15-29(37(44)46)21-33-34(39)22-30(23-35(33)40)27-7-9-28(10-8-27)36(45)43-19-16-38(41,42)17-20-43/h7-10,22-26,29,31-32H,11-21H2,1-6H3/t29-,31?,32?/m0/s1. The number of benzene rings is 2. The first-order valence-corrected chi connectivity index (χ1v) is 20.8. The van der Waals surface area contributed by atoms with E-state index in [1.54, 1.807) is 12.1 Å². The maximum atomic E-state index is 13.7. The molecular weight excluding hydrogens is 669 g/mol. The Morgan fingerprint density at radius 2 is 1.40 bits per heavy atom. The number of halogens is 4. The van der Waals surface area contributed by atoms with Gasteiger partial charge >= 0.3 is 0 Å². The smallest absolute Gasteiger partial charge is 0.253 e. The van der Waals surface area contributed by atoms with E-state index in [0.717, 1.165) is 55.3 Å². The Labute approximate surface area is 296 Å². The van der Waals surface area contributed by atoms with Crippen molar-refractivity contribution in [2.75, 3.05) is 19.6 Å². The van der Waals surface area contributed by atoms with Crippen LogP contribution in [0.15, 0.2) is 36.4 Å². The van der Waals surface area contributed by atoms with Gasteiger partial charge in [0, 0.05) is 66.1 Å². The molecule has 2 amide bonds. The van der Waals surface area contributed by atoms with Gasteiger partial charge < -0.3 is 14.2 Å². The van der Waals surface area contributed by atoms with E-state index in [2.05, 4.69) is 46.4 Å². The molecule has 2 heterocycles. The fourth-order valence-electron chi connectivity index (χ4n) is 8.72. The molecule has 264 valence electrons. The van der Waals surface area contributed by atoms with E-state index < -0.39 is 14.2 Å². The summed E-state index contributed by atoms with van der Waals surface area (Å²) in [7, 11) is -1.93. The molecule has 5 rings (SSSR count). The van der Waals surface area contributed by atoms with Crippen LogP contribution < -0.4 is 0 Å². The molecule has 0 bridgehead atoms. The first-order valence-electron chi connectivity index (χ1n) is 17.9. The van der Waals surface area contributed by atoms with Crippen molar-refractivity contribution in [2.45, 2.75) is 128 Å². The molecule has 3 fully saturated rings. The molecular formula is C38H52Cl2F2N2O3Si. The first kappa shape index (κ1) is 37.3. The highest BCUT2D eigenvalue weighted by Gasteiger charge is 2.47. The largest absolute Gasteiger partial charge is 0.413 e. The van der Waals surface area contributed by atoms with Crippen LogP contribution in [-0.4, -0.2) is 67.6 Å². The van der Waals surface area contributed by atoms with Crippen molar-refractivity contribution in [1.82, 2.24) is 9.80 Å². The van der Waals surface area contributed by atoms with Crippen molar-refractivity contribution < 1.29 is 22.8 Å². The van der Waals surface area contributed by atoms with E-state index >= 15 is 0 Å². The minimum atomic E-state index is -2.70. The predicted octanol–water partition coefficient (Wildman–Crippen LogP) is 10.4. The normalized spacial score (nSPS) is 23.5. The molecule has 2 aromatic rings. The summed E-state index contributed by atoms with van der Waals surface area (Å²) in [6.45, 7) is 14.9. The third kappa shape index (κ3) is 7.82. The van der Waals surface area contributed by atoms with Gasteiger partial charge in [0.25, 0.3) is 11.8 Å². The molecule has 1 saturated carbocycles. The van der Waals surface area contributed by atoms with Crippen LogP contribution in [0.2, 0.25) is 26.7 Å². The molecule has 1 aliphatic carbocycles. The van der Waals surface area contributed by atoms with Gasteiger partial charge in [-0.3, -0.25) is 9.59 Å². The zero-order valence-electron chi connectivity index (χ0n) is 29.3. The van der Waals surface area contributed by atoms with Crippen LogP contribution in [0.25, 0.3) is 11.1 Å². The summed E-state index contributed by atoms with van der Waals surface area (Å²) in [6.07, 6.45) is 4.94. The highest BCUT2D eigenvalue weighted by Crippen LogP contribution is 2.45. The minimum Gasteiger partial charge on any atom is -0.413 e. The zero-order valence-corrected chi connectivity index (χ0v) is 31.8. The summed E-state index contributed by atoms with van der Waals surface area (Å²) in [4.78, 5) is 30.1. The Hall–Kier alpha value is -2.00. The lowest BCUT2D eigenvalue weighted by Gasteiger charge is -2.46. The Balaban J connectivity index is 1.18. The van der Waals surface area contributed by atoms with Crippen LogP contribution >= 0.6 is 23.2 Å². The lowest BCUT2D eigenvalue weighted by atomic mass is 9.92. The lowest BCUT2D eigenvalue weighted by molar-refractivity contribution is -0.133. The maximum absolute atomic E-state index is 13.7. The molecule has 0 aromatic heterocycles. The van der Waals surface area contributed by atoms with E-state index in [4.69, 9.17) is 27.6 Å². The fraction of sp³-hybridized carbons (Fsp3) is 0.632. The summed E-state index contributed by atoms with van der Waals surface area (Å²) in [5.41, 5.74) is 4.57. The van der Waals surface area contributed by atoms with Crippen LogP contribution in [0.3, 0.4) is 0 Å². The van der Waals surface area contributed by atoms with Gasteiger partial charge in [-0.05, 0) is 96.1 Å². The number of hydrogen-bond acceptors (Lipinski definition) is 3. The second-order valence-corrected chi connectivity index (χ2v) is 21.5. The second kappa shape index (κ2) is 15.1. The molecule has 48 heavy (non-hydrogen) atoms. The van der Waals surface area contributed by atoms with E-state index in [9.17, 15) is 18.4 Å². The van der Waals surface area contributed by atoms with Gasteiger partial charge in [-0.2, -0.15) is 0 Å². The molecule has 0 unspecified atom stereocenters. The number of rotatable bonds is 10. The number of nitrogens with zero attached hydrogens (tertiary/aromatic N) is 2. The summed E-state index contributed by atoms with van der Waals surface area (Å²) < 4.78 is 34.1. The van der Waals surface area contributed by atoms with Gasteiger partial charge in [0.1, 0.15) is 0 Å². The van der Waals surface area contributed by atoms with E-state index in [-0.39, 0.29) is 55.8 Å². The maximum Gasteiger partial charge on any atom is 0.253 e. The molecule has 10 heteroatoms. The third-order valence-corrected chi connectivity index (χ3v) is 18.2. The SMILES string of the molecule is CC(C)[Si](OC1CCC(N2CC[C@@H](Cc3c(Cl)cc(-c4ccc(C(=O)N5CCC(F)(F)CC5)cc4)cc3Cl)C2=O)CC1)(C(C)C)C(C)C. The Bertz CT molecular complexity index is 1410. The average molecular weight is 722 g/mol. The number of carbonyl (C=O) groups excluding carboxylic acids is 2. The second-order valence-electron chi connectivity index (χ2n) is 15.2. The molecule has 2 aliphatic heterocycles. The summed E-state index contributed by atoms with van der Waals surface area (Å²) in [5.74, 6) is -2.90. The van der Waals surface area contributed by atoms with Gasteiger partial charge in [-0.1, -0.05) is 76.9 Å². The van der Waals surface area contributed by atoms with Gasteiger partial charge in [-0.15, -0.1) is 0 Å². The quantitative estimate of drug-likeness (QED) is 0.230. The molecule has 5 nitrogen and oxygen atoms in total. The van der Waals surface area contributed by atoms with E-state index in [1.165, 1.54) is 4.90 Å². The number of carbonyl (C=O) groups is 2. The number of alkyl halides is 2. The Kier molecular flexibility index (Phi) is 11.7. The monoisotopic (exact) mass is 720 g/mol. The summed E-state index contributed by atoms with van der Waals surface area (Å²) in [5, 5.41) is 1.04. The molecule has 2 aromatic carbocycles. The van der Waals surface area contributed by atoms with Crippen molar-refractivity contribution in [2.24, 2.45) is 5.92 Å². The van der Waals surface area contributed by atoms with E-state index in [0.29, 0.717) is 38.7 Å². The minimum absolute atomic E-state index is 0.0504. The van der Waals surface area contributed by atoms with Gasteiger partial charge in [-0.25, -0.2) is 8.78 Å². The van der Waals surface area contributed by atoms with Crippen LogP contribution in [-0.2, 0) is 15.6 Å². The van der Waals surface area contributed by atoms with Gasteiger partial charge in [0.15, 0.2) is 0 Å². The van der Waals surface area contributed by atoms with Crippen LogP contribution in [0.5, 0.6) is 0 Å². The zero-order chi connectivity index (χ0) is 35.0. The lowest BCUT2D eigenvalue weighted by Crippen LogP contribution is -2.51. The van der Waals surface area contributed by atoms with Crippen LogP contribution in [0, 0.1) is 5.92 Å². The summed E-state index contributed by atoms with van der Waals surface area (Å²) in [6, 6.07) is 11.0. The molecule has 2 saturated heterocycles. The Morgan fingerprint density at radius 3 is 1.92 bits per heavy atom. The number of hydrogen-bond donors (Lipinski definition) is 0. The van der Waals surface area contributed by atoms with Crippen molar-refractivity contribution in [3.05, 3.63) is 57.6 Å². The molecule has 3 aliphatic rings. The molecule has 1 atom stereocenters. The van der Waals surface area contributed by atoms with Crippen molar-refractivity contribution >= 4 is 43.3 Å². The Morgan fingerprint density at radius 1 is 0.854 bits per heavy atom. The molecule has 0 N–H and O–H groups in total. The molecule has 0 spiro atoms. The van der Waals surface area contributed by atoms with Crippen molar-refractivity contribution in [3.63, 3.8) is 0 Å². The highest BCUT2D eigenvalue weighted by atomic mass is 35.5. The number of likely N-dealkylation sites (tertiary alicyclic amines) is 2.